The highest BCUT2D eigenvalue weighted by Crippen LogP contribution is 2.41. The molecule has 3 atom stereocenters. The van der Waals surface area contributed by atoms with Gasteiger partial charge in [0.2, 0.25) is 0 Å². The fraction of sp³-hybridized carbons (Fsp3) is 0.615. The van der Waals surface area contributed by atoms with Gasteiger partial charge in [0, 0.05) is 12.1 Å². The molecular weight excluding hydrogens is 456 g/mol. The molecule has 0 N–H and O–H groups in total. The minimum Gasteiger partial charge on any atom is -0.372 e. The predicted octanol–water partition coefficient (Wildman–Crippen LogP) is 8.45. The third-order valence-corrected chi connectivity index (χ3v) is 6.38. The van der Waals surface area contributed by atoms with Crippen LogP contribution in [0.25, 0.3) is 0 Å². The van der Waals surface area contributed by atoms with Gasteiger partial charge in [-0.25, -0.2) is 0 Å². The summed E-state index contributed by atoms with van der Waals surface area (Å²) in [4.78, 5) is 2.18. The van der Waals surface area contributed by atoms with E-state index in [4.69, 9.17) is 4.74 Å². The summed E-state index contributed by atoms with van der Waals surface area (Å²) in [5.74, 6) is 0. The number of piperidine rings is 1. The van der Waals surface area contributed by atoms with Crippen molar-refractivity contribution in [2.24, 2.45) is 5.41 Å². The average Bonchev–Trinajstić information content (AvgIpc) is 2.73. The van der Waals surface area contributed by atoms with Crippen LogP contribution < -0.4 is 0 Å². The van der Waals surface area contributed by atoms with Crippen LogP contribution in [0.2, 0.25) is 0 Å². The van der Waals surface area contributed by atoms with Gasteiger partial charge in [0.1, 0.15) is 0 Å². The van der Waals surface area contributed by atoms with E-state index in [0.29, 0.717) is 0 Å². The molecular formula is C26H37F6NO. The smallest absolute Gasteiger partial charge is 0.372 e. The van der Waals surface area contributed by atoms with E-state index in [1.807, 2.05) is 33.9 Å². The zero-order chi connectivity index (χ0) is 26.4. The lowest BCUT2D eigenvalue weighted by Gasteiger charge is -2.50. The van der Waals surface area contributed by atoms with Gasteiger partial charge in [0.05, 0.1) is 23.8 Å². The second-order valence-corrected chi connectivity index (χ2v) is 9.64. The summed E-state index contributed by atoms with van der Waals surface area (Å²) in [5, 5.41) is 0. The maximum absolute atomic E-state index is 13.1. The highest BCUT2D eigenvalue weighted by molar-refractivity contribution is 5.34. The molecule has 0 aromatic heterocycles. The number of rotatable bonds is 6. The van der Waals surface area contributed by atoms with Crippen LogP contribution in [0.3, 0.4) is 0 Å². The first-order valence-electron chi connectivity index (χ1n) is 11.3. The Morgan fingerprint density at radius 3 is 1.94 bits per heavy atom. The van der Waals surface area contributed by atoms with Crippen molar-refractivity contribution in [3.8, 4) is 0 Å². The van der Waals surface area contributed by atoms with Gasteiger partial charge in [-0.15, -0.1) is 6.58 Å². The van der Waals surface area contributed by atoms with Crippen LogP contribution in [0.5, 0.6) is 0 Å². The summed E-state index contributed by atoms with van der Waals surface area (Å²) in [5.41, 5.74) is -3.02. The van der Waals surface area contributed by atoms with E-state index < -0.39 is 29.6 Å². The monoisotopic (exact) mass is 493 g/mol. The van der Waals surface area contributed by atoms with E-state index in [9.17, 15) is 26.3 Å². The van der Waals surface area contributed by atoms with E-state index >= 15 is 0 Å². The number of allylic oxidation sites excluding steroid dienone is 3. The van der Waals surface area contributed by atoms with Gasteiger partial charge < -0.3 is 4.74 Å². The Kier molecular flexibility index (Phi) is 10.5. The quantitative estimate of drug-likeness (QED) is 0.291. The Hall–Kier alpha value is -1.80. The Morgan fingerprint density at radius 1 is 1.03 bits per heavy atom. The summed E-state index contributed by atoms with van der Waals surface area (Å²) < 4.78 is 84.6. The second kappa shape index (κ2) is 11.8. The van der Waals surface area contributed by atoms with Crippen molar-refractivity contribution >= 4 is 0 Å². The molecule has 0 bridgehead atoms. The molecule has 2 nitrogen and oxygen atoms in total. The van der Waals surface area contributed by atoms with Gasteiger partial charge in [-0.05, 0) is 83.2 Å². The van der Waals surface area contributed by atoms with Gasteiger partial charge in [0.25, 0.3) is 0 Å². The summed E-state index contributed by atoms with van der Waals surface area (Å²) in [6.07, 6.45) is -2.02. The van der Waals surface area contributed by atoms with Crippen molar-refractivity contribution in [2.75, 3.05) is 20.2 Å². The maximum atomic E-state index is 13.1. The highest BCUT2D eigenvalue weighted by atomic mass is 19.4. The van der Waals surface area contributed by atoms with Crippen LogP contribution in [0, 0.1) is 5.41 Å². The van der Waals surface area contributed by atoms with Gasteiger partial charge in [0.15, 0.2) is 0 Å². The molecule has 1 fully saturated rings. The highest BCUT2D eigenvalue weighted by Gasteiger charge is 2.42. The first kappa shape index (κ1) is 30.2. The van der Waals surface area contributed by atoms with Crippen LogP contribution in [0.15, 0.2) is 43.0 Å². The van der Waals surface area contributed by atoms with Crippen molar-refractivity contribution in [3.05, 3.63) is 59.7 Å². The summed E-state index contributed by atoms with van der Waals surface area (Å²) in [6, 6.07) is 1.61. The van der Waals surface area contributed by atoms with Crippen LogP contribution in [0.4, 0.5) is 26.3 Å². The topological polar surface area (TPSA) is 12.5 Å². The summed E-state index contributed by atoms with van der Waals surface area (Å²) in [6.45, 7) is 14.0. The second-order valence-electron chi connectivity index (χ2n) is 9.64. The Labute approximate surface area is 199 Å². The number of halogens is 6. The summed E-state index contributed by atoms with van der Waals surface area (Å²) >= 11 is 0. The van der Waals surface area contributed by atoms with E-state index in [0.717, 1.165) is 37.9 Å². The van der Waals surface area contributed by atoms with Crippen LogP contribution in [0.1, 0.15) is 76.7 Å². The lowest BCUT2D eigenvalue weighted by molar-refractivity contribution is -0.143. The van der Waals surface area contributed by atoms with E-state index in [1.165, 1.54) is 6.92 Å². The number of nitrogens with zero attached hydrogens (tertiary/aromatic N) is 1. The number of alkyl halides is 6. The Bertz CT molecular complexity index is 799. The Morgan fingerprint density at radius 2 is 1.53 bits per heavy atom. The van der Waals surface area contributed by atoms with Gasteiger partial charge >= 0.3 is 12.4 Å². The zero-order valence-electron chi connectivity index (χ0n) is 20.9. The lowest BCUT2D eigenvalue weighted by Crippen LogP contribution is -2.55. The van der Waals surface area contributed by atoms with Gasteiger partial charge in [-0.1, -0.05) is 25.2 Å². The number of benzene rings is 1. The third kappa shape index (κ3) is 8.45. The molecule has 1 aromatic carbocycles. The average molecular weight is 494 g/mol. The first-order valence-corrected chi connectivity index (χ1v) is 11.3. The van der Waals surface area contributed by atoms with Crippen LogP contribution in [-0.2, 0) is 17.1 Å². The van der Waals surface area contributed by atoms with Crippen LogP contribution >= 0.6 is 0 Å². The predicted molar refractivity (Wildman–Crippen MR) is 124 cm³/mol. The van der Waals surface area contributed by atoms with Crippen molar-refractivity contribution < 1.29 is 31.1 Å². The molecule has 1 heterocycles. The molecule has 0 saturated carbocycles. The molecule has 1 aliphatic heterocycles. The number of likely N-dealkylation sites (N-methyl/N-ethyl adjacent to an activating group) is 1. The minimum atomic E-state index is -4.87. The lowest BCUT2D eigenvalue weighted by atomic mass is 9.73. The first-order chi connectivity index (χ1) is 15.5. The number of ether oxygens (including phenoxy) is 1. The molecule has 34 heavy (non-hydrogen) atoms. The van der Waals surface area contributed by atoms with Gasteiger partial charge in [-0.2, -0.15) is 26.3 Å². The van der Waals surface area contributed by atoms with Gasteiger partial charge in [-0.3, -0.25) is 4.90 Å². The molecule has 0 aliphatic carbocycles. The molecule has 194 valence electrons. The fourth-order valence-electron chi connectivity index (χ4n) is 3.97. The molecule has 1 aliphatic rings. The van der Waals surface area contributed by atoms with Crippen molar-refractivity contribution in [2.45, 2.75) is 77.9 Å². The fourth-order valence-corrected chi connectivity index (χ4v) is 3.97. The molecule has 1 saturated heterocycles. The molecule has 0 spiro atoms. The van der Waals surface area contributed by atoms with Crippen molar-refractivity contribution in [1.29, 1.82) is 0 Å². The maximum Gasteiger partial charge on any atom is 0.416 e. The van der Waals surface area contributed by atoms with E-state index in [2.05, 4.69) is 24.5 Å². The number of likely N-dealkylation sites (tertiary alicyclic amines) is 1. The Balaban J connectivity index is 0.00000182. The SMILES string of the molecule is C/C=C/C[C@@]1(C)CC[C@](C)(CO[C@H](C)c2cc(C(F)(F)F)cc(C(F)(F)F)c2)N(C)C1.C=CC. The minimum absolute atomic E-state index is 0.120. The number of hydrogen-bond donors (Lipinski definition) is 0. The molecule has 0 amide bonds. The molecule has 2 rings (SSSR count). The van der Waals surface area contributed by atoms with Crippen LogP contribution in [-0.4, -0.2) is 30.6 Å². The zero-order valence-corrected chi connectivity index (χ0v) is 20.9. The third-order valence-electron chi connectivity index (χ3n) is 6.38. The standard InChI is InChI=1S/C23H31F6NO.C3H6/c1-6-7-8-20(3)9-10-21(4,30(5)14-20)15-31-16(2)17-11-18(22(24,25)26)13-19(12-17)23(27,28)29;1-3-2/h6-7,11-13,16H,8-10,14-15H2,1-5H3;3H,1H2,2H3/b7-6+;/t16-,20+,21-;/m1./s1. The van der Waals surface area contributed by atoms with E-state index in [1.54, 1.807) is 6.08 Å². The largest absolute Gasteiger partial charge is 0.416 e. The summed E-state index contributed by atoms with van der Waals surface area (Å²) in [7, 11) is 1.98. The molecule has 0 radical (unpaired) electrons. The molecule has 1 aromatic rings. The van der Waals surface area contributed by atoms with Crippen molar-refractivity contribution in [1.82, 2.24) is 4.90 Å². The van der Waals surface area contributed by atoms with Crippen molar-refractivity contribution in [3.63, 3.8) is 0 Å². The molecule has 8 heteroatoms. The number of hydrogen-bond acceptors (Lipinski definition) is 2. The molecule has 0 unspecified atom stereocenters. The normalized spacial score (nSPS) is 25.1. The van der Waals surface area contributed by atoms with E-state index in [-0.39, 0.29) is 29.2 Å².